The Hall–Kier alpha value is -3.33. The Balaban J connectivity index is 4.11. The summed E-state index contributed by atoms with van der Waals surface area (Å²) in [5.41, 5.74) is 0. The van der Waals surface area contributed by atoms with Crippen molar-refractivity contribution in [1.82, 2.24) is 0 Å². The Labute approximate surface area is 531 Å². The van der Waals surface area contributed by atoms with Crippen LogP contribution in [0.25, 0.3) is 0 Å². The lowest BCUT2D eigenvalue weighted by atomic mass is 10.0. The fraction of sp³-hybridized carbons (Fsp3) is 0.737. The number of quaternary nitrogens is 1. The van der Waals surface area contributed by atoms with E-state index in [2.05, 4.69) is 117 Å². The van der Waals surface area contributed by atoms with Gasteiger partial charge in [-0.15, -0.1) is 0 Å². The molecular weight excluding hydrogens is 1090 g/mol. The van der Waals surface area contributed by atoms with Gasteiger partial charge in [0.25, 0.3) is 7.82 Å². The van der Waals surface area contributed by atoms with E-state index in [0.717, 1.165) is 77.0 Å². The number of hydrogen-bond donors (Lipinski definition) is 0. The SMILES string of the molecule is CC/C=C\C/C=C\C/C=C\C/C=C\C/C=C\C/C=C\C/C=C\C/C=C\C/C=C\CCCC(=O)OC(COC(=O)CCCCCCCCCCCCCCCCCCCCCCCCCCCCCCCCCCC)COP(=O)([O-])OCC[N+](C)(C)C. The first-order valence-electron chi connectivity index (χ1n) is 35.6. The number of allylic oxidation sites excluding steroid dienone is 18. The van der Waals surface area contributed by atoms with E-state index < -0.39 is 32.5 Å². The van der Waals surface area contributed by atoms with E-state index >= 15 is 0 Å². The summed E-state index contributed by atoms with van der Waals surface area (Å²) in [5, 5.41) is 0. The van der Waals surface area contributed by atoms with Crippen molar-refractivity contribution in [3.05, 3.63) is 109 Å². The molecule has 2 unspecified atom stereocenters. The first kappa shape index (κ1) is 82.7. The van der Waals surface area contributed by atoms with Crippen molar-refractivity contribution < 1.29 is 42.1 Å². The average Bonchev–Trinajstić information content (AvgIpc) is 3.67. The molecule has 0 spiro atoms. The van der Waals surface area contributed by atoms with Crippen LogP contribution in [0.3, 0.4) is 0 Å². The number of esters is 2. The number of unbranched alkanes of at least 4 members (excludes halogenated alkanes) is 33. The molecule has 86 heavy (non-hydrogen) atoms. The molecule has 0 saturated carbocycles. The first-order valence-corrected chi connectivity index (χ1v) is 37.1. The van der Waals surface area contributed by atoms with Gasteiger partial charge in [-0.3, -0.25) is 14.2 Å². The maximum atomic E-state index is 12.8. The second-order valence-electron chi connectivity index (χ2n) is 24.9. The molecule has 0 fully saturated rings. The third-order valence-electron chi connectivity index (χ3n) is 15.3. The Morgan fingerprint density at radius 2 is 0.663 bits per heavy atom. The third kappa shape index (κ3) is 69.8. The summed E-state index contributed by atoms with van der Waals surface area (Å²) in [5.74, 6) is -0.899. The van der Waals surface area contributed by atoms with Crippen LogP contribution >= 0.6 is 7.82 Å². The van der Waals surface area contributed by atoms with Gasteiger partial charge in [0.1, 0.15) is 19.8 Å². The fourth-order valence-corrected chi connectivity index (χ4v) is 10.6. The van der Waals surface area contributed by atoms with Gasteiger partial charge in [-0.1, -0.05) is 329 Å². The average molecular weight is 1220 g/mol. The maximum Gasteiger partial charge on any atom is 0.306 e. The molecule has 0 aromatic rings. The van der Waals surface area contributed by atoms with E-state index in [-0.39, 0.29) is 26.1 Å². The normalized spacial score (nSPS) is 13.8. The van der Waals surface area contributed by atoms with Crippen LogP contribution in [0.15, 0.2) is 109 Å². The van der Waals surface area contributed by atoms with Gasteiger partial charge in [0.05, 0.1) is 27.7 Å². The lowest BCUT2D eigenvalue weighted by Gasteiger charge is -2.28. The van der Waals surface area contributed by atoms with Gasteiger partial charge in [0.15, 0.2) is 6.10 Å². The van der Waals surface area contributed by atoms with E-state index in [1.165, 1.54) is 193 Å². The number of nitrogens with zero attached hydrogens (tertiary/aromatic N) is 1. The summed E-state index contributed by atoms with van der Waals surface area (Å²) in [7, 11) is 1.12. The molecule has 0 aromatic heterocycles. The summed E-state index contributed by atoms with van der Waals surface area (Å²) in [6.45, 7) is 4.09. The lowest BCUT2D eigenvalue weighted by molar-refractivity contribution is -0.870. The predicted molar refractivity (Wildman–Crippen MR) is 369 cm³/mol. The second-order valence-corrected chi connectivity index (χ2v) is 26.3. The zero-order valence-electron chi connectivity index (χ0n) is 56.5. The number of hydrogen-bond acceptors (Lipinski definition) is 8. The van der Waals surface area contributed by atoms with Gasteiger partial charge in [-0.2, -0.15) is 0 Å². The van der Waals surface area contributed by atoms with Crippen LogP contribution in [0.1, 0.15) is 309 Å². The van der Waals surface area contributed by atoms with Crippen LogP contribution in [0.4, 0.5) is 0 Å². The van der Waals surface area contributed by atoms with E-state index in [1.807, 2.05) is 27.2 Å². The quantitative estimate of drug-likeness (QED) is 0.0195. The van der Waals surface area contributed by atoms with Crippen molar-refractivity contribution in [2.24, 2.45) is 0 Å². The summed E-state index contributed by atoms with van der Waals surface area (Å²) in [6, 6.07) is 0. The van der Waals surface area contributed by atoms with E-state index in [9.17, 15) is 19.0 Å². The third-order valence-corrected chi connectivity index (χ3v) is 16.3. The number of phosphoric ester groups is 1. The van der Waals surface area contributed by atoms with Crippen molar-refractivity contribution in [2.45, 2.75) is 315 Å². The molecule has 0 bridgehead atoms. The molecule has 0 aliphatic heterocycles. The molecule has 0 saturated heterocycles. The van der Waals surface area contributed by atoms with Gasteiger partial charge >= 0.3 is 11.9 Å². The maximum absolute atomic E-state index is 12.8. The molecule has 0 aliphatic carbocycles. The second kappa shape index (κ2) is 66.1. The van der Waals surface area contributed by atoms with Gasteiger partial charge in [0, 0.05) is 12.8 Å². The summed E-state index contributed by atoms with van der Waals surface area (Å²) < 4.78 is 34.2. The zero-order valence-corrected chi connectivity index (χ0v) is 57.4. The molecule has 0 radical (unpaired) electrons. The number of likely N-dealkylation sites (N-methyl/N-ethyl adjacent to an activating group) is 1. The van der Waals surface area contributed by atoms with Crippen molar-refractivity contribution >= 4 is 19.8 Å². The Kier molecular flexibility index (Phi) is 63.5. The van der Waals surface area contributed by atoms with Crippen LogP contribution in [-0.2, 0) is 32.7 Å². The summed E-state index contributed by atoms with van der Waals surface area (Å²) >= 11 is 0. The molecule has 2 atom stereocenters. The van der Waals surface area contributed by atoms with Crippen molar-refractivity contribution in [1.29, 1.82) is 0 Å². The molecule has 0 rings (SSSR count). The number of phosphoric acid groups is 1. The highest BCUT2D eigenvalue weighted by Crippen LogP contribution is 2.38. The zero-order chi connectivity index (χ0) is 62.6. The molecule has 0 aromatic carbocycles. The van der Waals surface area contributed by atoms with Crippen molar-refractivity contribution in [3.8, 4) is 0 Å². The molecule has 0 N–H and O–H groups in total. The minimum absolute atomic E-state index is 0.0461. The minimum Gasteiger partial charge on any atom is -0.756 e. The molecule has 0 aliphatic rings. The van der Waals surface area contributed by atoms with E-state index in [4.69, 9.17) is 18.5 Å². The fourth-order valence-electron chi connectivity index (χ4n) is 9.90. The summed E-state index contributed by atoms with van der Waals surface area (Å²) in [4.78, 5) is 38.0. The molecule has 0 heterocycles. The van der Waals surface area contributed by atoms with Crippen molar-refractivity contribution in [3.63, 3.8) is 0 Å². The van der Waals surface area contributed by atoms with Crippen molar-refractivity contribution in [2.75, 3.05) is 47.5 Å². The standard InChI is InChI=1S/C76H134NO8P/c1-6-8-10-12-14-16-18-20-22-24-26-28-30-32-34-36-37-38-39-41-42-44-46-48-50-52-54-56-58-60-62-64-66-68-75(78)82-72-74(73-84-86(80,81)83-71-70-77(3,4)5)85-76(79)69-67-65-63-61-59-57-55-53-51-49-47-45-43-40-35-33-31-29-27-25-23-21-19-17-15-13-11-9-7-2/h9,11,15,17,21,23,27,29,33,35,43,45,49,51,55,57,61,63,74H,6-8,10,12-14,16,18-20,22,24-26,28,30-32,34,36-42,44,46-48,50,52-54,56,58-60,62,64-73H2,1-5H3/b11-9-,17-15-,23-21-,29-27-,35-33-,45-43-,51-49-,57-55-,63-61-. The van der Waals surface area contributed by atoms with Gasteiger partial charge in [0.2, 0.25) is 0 Å². The van der Waals surface area contributed by atoms with Crippen LogP contribution in [0, 0.1) is 0 Å². The number of carbonyl (C=O) groups excluding carboxylic acids is 2. The van der Waals surface area contributed by atoms with E-state index in [1.54, 1.807) is 0 Å². The Morgan fingerprint density at radius 3 is 0.977 bits per heavy atom. The van der Waals surface area contributed by atoms with Crippen LogP contribution < -0.4 is 4.89 Å². The molecule has 0 amide bonds. The van der Waals surface area contributed by atoms with Crippen LogP contribution in [0.2, 0.25) is 0 Å². The molecular formula is C76H134NO8P. The molecule has 9 nitrogen and oxygen atoms in total. The van der Waals surface area contributed by atoms with Crippen LogP contribution in [-0.4, -0.2) is 70.0 Å². The monoisotopic (exact) mass is 1220 g/mol. The van der Waals surface area contributed by atoms with Gasteiger partial charge in [-0.05, 0) is 77.0 Å². The Morgan fingerprint density at radius 1 is 0.372 bits per heavy atom. The topological polar surface area (TPSA) is 111 Å². The van der Waals surface area contributed by atoms with E-state index in [0.29, 0.717) is 23.9 Å². The van der Waals surface area contributed by atoms with Crippen LogP contribution in [0.5, 0.6) is 0 Å². The number of ether oxygens (including phenoxy) is 2. The summed E-state index contributed by atoms with van der Waals surface area (Å²) in [6.07, 6.45) is 93.4. The predicted octanol–water partition coefficient (Wildman–Crippen LogP) is 22.6. The highest BCUT2D eigenvalue weighted by atomic mass is 31.2. The highest BCUT2D eigenvalue weighted by molar-refractivity contribution is 7.45. The van der Waals surface area contributed by atoms with Gasteiger partial charge < -0.3 is 27.9 Å². The molecule has 496 valence electrons. The number of rotatable bonds is 65. The smallest absolute Gasteiger partial charge is 0.306 e. The first-order chi connectivity index (χ1) is 42.0. The highest BCUT2D eigenvalue weighted by Gasteiger charge is 2.22. The lowest BCUT2D eigenvalue weighted by Crippen LogP contribution is -2.37. The molecule has 10 heteroatoms. The Bertz CT molecular complexity index is 1820. The van der Waals surface area contributed by atoms with Gasteiger partial charge in [-0.25, -0.2) is 0 Å². The largest absolute Gasteiger partial charge is 0.756 e. The minimum atomic E-state index is -4.66. The number of carbonyl (C=O) groups is 2.